The van der Waals surface area contributed by atoms with Crippen molar-refractivity contribution in [2.45, 2.75) is 6.61 Å². The molecule has 0 bridgehead atoms. The zero-order valence-corrected chi connectivity index (χ0v) is 11.8. The minimum atomic E-state index is -0.0900. The number of aromatic nitrogens is 4. The monoisotopic (exact) mass is 290 g/mol. The minimum absolute atomic E-state index is 0.0900. The number of fused-ring (bicyclic) bond motifs is 1. The first-order valence-corrected chi connectivity index (χ1v) is 7.03. The van der Waals surface area contributed by atoms with Crippen LogP contribution in [0.3, 0.4) is 0 Å². The molecule has 22 heavy (non-hydrogen) atoms. The van der Waals surface area contributed by atoms with Crippen molar-refractivity contribution in [3.8, 4) is 16.9 Å². The molecular formula is C17H14N4O. The highest BCUT2D eigenvalue weighted by molar-refractivity contribution is 5.77. The highest BCUT2D eigenvalue weighted by Crippen LogP contribution is 2.21. The van der Waals surface area contributed by atoms with Crippen LogP contribution in [0.2, 0.25) is 0 Å². The number of imidazole rings is 2. The summed E-state index contributed by atoms with van der Waals surface area (Å²) in [6.07, 6.45) is 3.79. The molecule has 4 rings (SSSR count). The second kappa shape index (κ2) is 5.13. The number of benzene rings is 2. The zero-order chi connectivity index (χ0) is 14.9. The van der Waals surface area contributed by atoms with Gasteiger partial charge in [0.25, 0.3) is 0 Å². The van der Waals surface area contributed by atoms with E-state index in [0.29, 0.717) is 5.82 Å². The van der Waals surface area contributed by atoms with Crippen LogP contribution in [-0.2, 0) is 6.61 Å². The molecule has 0 fully saturated rings. The number of nitrogens with zero attached hydrogens (tertiary/aromatic N) is 3. The fourth-order valence-corrected chi connectivity index (χ4v) is 2.50. The highest BCUT2D eigenvalue weighted by atomic mass is 16.3. The number of hydrogen-bond donors (Lipinski definition) is 2. The molecule has 0 radical (unpaired) electrons. The minimum Gasteiger partial charge on any atom is -0.388 e. The number of nitrogens with one attached hydrogen (secondary N) is 1. The van der Waals surface area contributed by atoms with E-state index in [1.165, 1.54) is 0 Å². The van der Waals surface area contributed by atoms with E-state index >= 15 is 0 Å². The fraction of sp³-hybridized carbons (Fsp3) is 0.0588. The third-order valence-electron chi connectivity index (χ3n) is 3.62. The van der Waals surface area contributed by atoms with Crippen molar-refractivity contribution < 1.29 is 5.11 Å². The molecule has 0 aliphatic heterocycles. The van der Waals surface area contributed by atoms with Crippen LogP contribution < -0.4 is 0 Å². The molecule has 2 aromatic heterocycles. The standard InChI is InChI=1S/C17H14N4O/c22-10-17-19-14-7-6-13(8-15(14)20-17)21-9-16(18-11-21)12-4-2-1-3-5-12/h1-9,11,22H,10H2,(H,19,20). The molecule has 0 spiro atoms. The first-order chi connectivity index (χ1) is 10.8. The van der Waals surface area contributed by atoms with E-state index < -0.39 is 0 Å². The Morgan fingerprint density at radius 1 is 1.09 bits per heavy atom. The van der Waals surface area contributed by atoms with E-state index in [1.54, 1.807) is 6.33 Å². The van der Waals surface area contributed by atoms with Gasteiger partial charge in [-0.25, -0.2) is 9.97 Å². The van der Waals surface area contributed by atoms with Gasteiger partial charge in [0.15, 0.2) is 0 Å². The molecule has 0 amide bonds. The summed E-state index contributed by atoms with van der Waals surface area (Å²) in [5, 5.41) is 9.15. The molecule has 0 atom stereocenters. The smallest absolute Gasteiger partial charge is 0.133 e. The molecule has 108 valence electrons. The SMILES string of the molecule is OCc1nc2cc(-n3cnc(-c4ccccc4)c3)ccc2[nH]1. The Balaban J connectivity index is 1.74. The van der Waals surface area contributed by atoms with E-state index in [1.807, 2.05) is 59.3 Å². The van der Waals surface area contributed by atoms with E-state index in [-0.39, 0.29) is 6.61 Å². The topological polar surface area (TPSA) is 66.7 Å². The van der Waals surface area contributed by atoms with Gasteiger partial charge in [-0.05, 0) is 18.2 Å². The van der Waals surface area contributed by atoms with Crippen molar-refractivity contribution in [3.63, 3.8) is 0 Å². The summed E-state index contributed by atoms with van der Waals surface area (Å²) in [5.74, 6) is 0.572. The molecule has 0 unspecified atom stereocenters. The maximum atomic E-state index is 9.15. The molecule has 2 aromatic carbocycles. The van der Waals surface area contributed by atoms with E-state index in [0.717, 1.165) is 28.0 Å². The molecule has 2 N–H and O–H groups in total. The Bertz CT molecular complexity index is 924. The largest absolute Gasteiger partial charge is 0.388 e. The van der Waals surface area contributed by atoms with Gasteiger partial charge in [-0.3, -0.25) is 0 Å². The van der Waals surface area contributed by atoms with Crippen molar-refractivity contribution in [1.82, 2.24) is 19.5 Å². The van der Waals surface area contributed by atoms with E-state index in [2.05, 4.69) is 15.0 Å². The van der Waals surface area contributed by atoms with Crippen molar-refractivity contribution >= 4 is 11.0 Å². The predicted molar refractivity (Wildman–Crippen MR) is 84.6 cm³/mol. The van der Waals surface area contributed by atoms with Crippen LogP contribution >= 0.6 is 0 Å². The summed E-state index contributed by atoms with van der Waals surface area (Å²) in [6, 6.07) is 16.0. The van der Waals surface area contributed by atoms with Crippen LogP contribution in [0.15, 0.2) is 61.1 Å². The Morgan fingerprint density at radius 3 is 2.77 bits per heavy atom. The quantitative estimate of drug-likeness (QED) is 0.609. The summed E-state index contributed by atoms with van der Waals surface area (Å²) in [7, 11) is 0. The molecule has 5 nitrogen and oxygen atoms in total. The van der Waals surface area contributed by atoms with Gasteiger partial charge in [0.1, 0.15) is 12.4 Å². The summed E-state index contributed by atoms with van der Waals surface area (Å²) < 4.78 is 1.97. The van der Waals surface area contributed by atoms with Crippen LogP contribution in [0.4, 0.5) is 0 Å². The fourth-order valence-electron chi connectivity index (χ4n) is 2.50. The molecule has 2 heterocycles. The zero-order valence-electron chi connectivity index (χ0n) is 11.8. The maximum Gasteiger partial charge on any atom is 0.133 e. The van der Waals surface area contributed by atoms with Gasteiger partial charge >= 0.3 is 0 Å². The highest BCUT2D eigenvalue weighted by Gasteiger charge is 2.06. The van der Waals surface area contributed by atoms with Gasteiger partial charge in [-0.15, -0.1) is 0 Å². The van der Waals surface area contributed by atoms with Gasteiger partial charge in [0.2, 0.25) is 0 Å². The molecule has 0 saturated carbocycles. The third kappa shape index (κ3) is 2.17. The summed E-state index contributed by atoms with van der Waals surface area (Å²) in [5.41, 5.74) is 4.74. The predicted octanol–water partition coefficient (Wildman–Crippen LogP) is 2.91. The number of aliphatic hydroxyl groups excluding tert-OH is 1. The first kappa shape index (κ1) is 12.8. The lowest BCUT2D eigenvalue weighted by molar-refractivity contribution is 0.273. The van der Waals surface area contributed by atoms with Crippen molar-refractivity contribution in [3.05, 3.63) is 66.9 Å². The number of rotatable bonds is 3. The summed E-state index contributed by atoms with van der Waals surface area (Å²) in [4.78, 5) is 11.9. The number of aliphatic hydroxyl groups is 1. The Kier molecular flexibility index (Phi) is 2.98. The van der Waals surface area contributed by atoms with Crippen LogP contribution in [0.1, 0.15) is 5.82 Å². The average Bonchev–Trinajstić information content (AvgIpc) is 3.21. The molecular weight excluding hydrogens is 276 g/mol. The molecule has 0 aliphatic rings. The van der Waals surface area contributed by atoms with Crippen LogP contribution in [0, 0.1) is 0 Å². The number of H-pyrrole nitrogens is 1. The van der Waals surface area contributed by atoms with Gasteiger partial charge < -0.3 is 14.7 Å². The maximum absolute atomic E-state index is 9.15. The van der Waals surface area contributed by atoms with Gasteiger partial charge in [0.05, 0.1) is 23.1 Å². The summed E-state index contributed by atoms with van der Waals surface area (Å²) >= 11 is 0. The van der Waals surface area contributed by atoms with Crippen LogP contribution in [0.5, 0.6) is 0 Å². The summed E-state index contributed by atoms with van der Waals surface area (Å²) in [6.45, 7) is -0.0900. The van der Waals surface area contributed by atoms with Gasteiger partial charge in [-0.1, -0.05) is 30.3 Å². The third-order valence-corrected chi connectivity index (χ3v) is 3.62. The Labute approximate surface area is 126 Å². The van der Waals surface area contributed by atoms with Crippen LogP contribution in [-0.4, -0.2) is 24.6 Å². The van der Waals surface area contributed by atoms with Crippen molar-refractivity contribution in [2.24, 2.45) is 0 Å². The molecule has 0 aliphatic carbocycles. The lowest BCUT2D eigenvalue weighted by Gasteiger charge is -2.01. The van der Waals surface area contributed by atoms with E-state index in [9.17, 15) is 0 Å². The number of hydrogen-bond acceptors (Lipinski definition) is 3. The van der Waals surface area contributed by atoms with Crippen molar-refractivity contribution in [1.29, 1.82) is 0 Å². The van der Waals surface area contributed by atoms with Crippen LogP contribution in [0.25, 0.3) is 28.0 Å². The lowest BCUT2D eigenvalue weighted by atomic mass is 10.2. The lowest BCUT2D eigenvalue weighted by Crippen LogP contribution is -1.89. The number of aromatic amines is 1. The Morgan fingerprint density at radius 2 is 1.95 bits per heavy atom. The second-order valence-corrected chi connectivity index (χ2v) is 5.08. The second-order valence-electron chi connectivity index (χ2n) is 5.08. The van der Waals surface area contributed by atoms with Gasteiger partial charge in [-0.2, -0.15) is 0 Å². The molecule has 5 heteroatoms. The average molecular weight is 290 g/mol. The normalized spacial score (nSPS) is 11.1. The molecule has 0 saturated heterocycles. The molecule has 4 aromatic rings. The van der Waals surface area contributed by atoms with E-state index in [4.69, 9.17) is 5.11 Å². The van der Waals surface area contributed by atoms with Crippen molar-refractivity contribution in [2.75, 3.05) is 0 Å². The first-order valence-electron chi connectivity index (χ1n) is 7.03. The van der Waals surface area contributed by atoms with Gasteiger partial charge in [0, 0.05) is 17.4 Å². The Hall–Kier alpha value is -2.92.